The van der Waals surface area contributed by atoms with Crippen LogP contribution in [-0.2, 0) is 32.7 Å². The highest BCUT2D eigenvalue weighted by Gasteiger charge is 2.26. The number of esters is 2. The summed E-state index contributed by atoms with van der Waals surface area (Å²) in [6, 6.07) is 0. The Morgan fingerprint density at radius 3 is 1.13 bits per heavy atom. The molecule has 0 fully saturated rings. The molecule has 0 aliphatic rings. The van der Waals surface area contributed by atoms with Crippen molar-refractivity contribution in [3.63, 3.8) is 0 Å². The van der Waals surface area contributed by atoms with Gasteiger partial charge in [0.25, 0.3) is 0 Å². The van der Waals surface area contributed by atoms with Gasteiger partial charge in [-0.25, -0.2) is 4.57 Å². The molecule has 9 nitrogen and oxygen atoms in total. The molecule has 0 rings (SSSR count). The van der Waals surface area contributed by atoms with Crippen LogP contribution in [-0.4, -0.2) is 49.3 Å². The second-order valence-electron chi connectivity index (χ2n) is 19.5. The summed E-state index contributed by atoms with van der Waals surface area (Å²) in [5.41, 5.74) is 5.38. The Morgan fingerprint density at radius 2 is 0.765 bits per heavy atom. The van der Waals surface area contributed by atoms with E-state index in [0.29, 0.717) is 6.42 Å². The molecule has 2 unspecified atom stereocenters. The lowest BCUT2D eigenvalue weighted by molar-refractivity contribution is -0.161. The van der Waals surface area contributed by atoms with E-state index in [0.717, 1.165) is 44.9 Å². The summed E-state index contributed by atoms with van der Waals surface area (Å²) in [7, 11) is -4.38. The van der Waals surface area contributed by atoms with E-state index in [4.69, 9.17) is 24.3 Å². The SMILES string of the molecule is CCCCCCC/C=C\C/C=C\CCCCCCCCCCCCCCCCCCCC(=O)OC(COC(=O)CCCCCCCCC/C=C\CCCCCCCCC)COP(=O)(O)OCCN. The molecule has 0 aromatic heterocycles. The first-order valence-corrected chi connectivity index (χ1v) is 30.5. The minimum atomic E-state index is -4.38. The van der Waals surface area contributed by atoms with Gasteiger partial charge in [-0.2, -0.15) is 0 Å². The van der Waals surface area contributed by atoms with Crippen molar-refractivity contribution in [2.24, 2.45) is 5.73 Å². The quantitative estimate of drug-likeness (QED) is 0.0264. The van der Waals surface area contributed by atoms with Crippen molar-refractivity contribution in [2.45, 2.75) is 296 Å². The number of nitrogens with two attached hydrogens (primary N) is 1. The Balaban J connectivity index is 3.92. The second kappa shape index (κ2) is 54.6. The molecule has 0 heterocycles. The number of carbonyl (C=O) groups excluding carboxylic acids is 2. The molecule has 400 valence electrons. The molecule has 0 saturated carbocycles. The van der Waals surface area contributed by atoms with Crippen LogP contribution >= 0.6 is 7.82 Å². The molecule has 0 amide bonds. The number of rotatable bonds is 55. The van der Waals surface area contributed by atoms with Gasteiger partial charge in [0.2, 0.25) is 0 Å². The normalized spacial score (nSPS) is 13.3. The molecule has 68 heavy (non-hydrogen) atoms. The van der Waals surface area contributed by atoms with Crippen molar-refractivity contribution in [1.29, 1.82) is 0 Å². The summed E-state index contributed by atoms with van der Waals surface area (Å²) < 4.78 is 33.0. The fraction of sp³-hybridized carbons (Fsp3) is 0.862. The van der Waals surface area contributed by atoms with Gasteiger partial charge in [-0.1, -0.05) is 243 Å². The number of hydrogen-bond donors (Lipinski definition) is 2. The Labute approximate surface area is 420 Å². The van der Waals surface area contributed by atoms with Gasteiger partial charge in [-0.15, -0.1) is 0 Å². The number of hydrogen-bond acceptors (Lipinski definition) is 8. The average molecular weight is 980 g/mol. The summed E-state index contributed by atoms with van der Waals surface area (Å²) in [6.07, 6.45) is 64.9. The van der Waals surface area contributed by atoms with Crippen LogP contribution in [0.4, 0.5) is 0 Å². The van der Waals surface area contributed by atoms with Gasteiger partial charge < -0.3 is 20.1 Å². The summed E-state index contributed by atoms with van der Waals surface area (Å²) in [5, 5.41) is 0. The standard InChI is InChI=1S/C58H110NO8P/c1-3-5-7-9-11-13-15-17-19-21-23-24-25-26-27-28-29-30-31-32-33-35-37-39-41-43-45-47-49-51-58(61)67-56(55-66-68(62,63)65-53-52-59)54-64-57(60)50-48-46-44-42-40-38-36-34-22-20-18-16-14-12-10-8-6-4-2/h15,17,20-23,56H,3-14,16,18-19,24-55,59H2,1-2H3,(H,62,63)/b17-15-,22-20-,23-21-. The lowest BCUT2D eigenvalue weighted by atomic mass is 10.0. The van der Waals surface area contributed by atoms with Crippen LogP contribution in [0.25, 0.3) is 0 Å². The van der Waals surface area contributed by atoms with Crippen molar-refractivity contribution in [1.82, 2.24) is 0 Å². The van der Waals surface area contributed by atoms with Gasteiger partial charge in [-0.3, -0.25) is 18.6 Å². The van der Waals surface area contributed by atoms with Gasteiger partial charge in [-0.05, 0) is 70.6 Å². The first-order valence-electron chi connectivity index (χ1n) is 29.0. The monoisotopic (exact) mass is 980 g/mol. The van der Waals surface area contributed by atoms with E-state index in [1.165, 1.54) is 212 Å². The zero-order chi connectivity index (χ0) is 49.5. The van der Waals surface area contributed by atoms with E-state index in [2.05, 4.69) is 50.3 Å². The lowest BCUT2D eigenvalue weighted by Crippen LogP contribution is -2.29. The third-order valence-corrected chi connectivity index (χ3v) is 13.7. The lowest BCUT2D eigenvalue weighted by Gasteiger charge is -2.19. The van der Waals surface area contributed by atoms with Crippen molar-refractivity contribution in [2.75, 3.05) is 26.4 Å². The number of allylic oxidation sites excluding steroid dienone is 6. The van der Waals surface area contributed by atoms with Crippen LogP contribution < -0.4 is 5.73 Å². The first-order chi connectivity index (χ1) is 33.3. The summed E-state index contributed by atoms with van der Waals surface area (Å²) in [5.74, 6) is -0.820. The molecular formula is C58H110NO8P. The maximum Gasteiger partial charge on any atom is 0.472 e. The topological polar surface area (TPSA) is 134 Å². The fourth-order valence-corrected chi connectivity index (χ4v) is 9.19. The predicted octanol–water partition coefficient (Wildman–Crippen LogP) is 18.0. The van der Waals surface area contributed by atoms with Gasteiger partial charge in [0, 0.05) is 19.4 Å². The zero-order valence-electron chi connectivity index (χ0n) is 44.6. The Hall–Kier alpha value is -1.77. The summed E-state index contributed by atoms with van der Waals surface area (Å²) in [4.78, 5) is 35.1. The molecule has 0 aliphatic carbocycles. The Morgan fingerprint density at radius 1 is 0.441 bits per heavy atom. The molecule has 3 N–H and O–H groups in total. The number of unbranched alkanes of at least 4 members (excludes halogenated alkanes) is 36. The second-order valence-corrected chi connectivity index (χ2v) is 21.0. The molecular weight excluding hydrogens is 870 g/mol. The van der Waals surface area contributed by atoms with Crippen molar-refractivity contribution in [3.05, 3.63) is 36.5 Å². The van der Waals surface area contributed by atoms with Crippen molar-refractivity contribution in [3.8, 4) is 0 Å². The predicted molar refractivity (Wildman–Crippen MR) is 289 cm³/mol. The molecule has 0 aliphatic heterocycles. The summed E-state index contributed by atoms with van der Waals surface area (Å²) in [6.45, 7) is 3.77. The molecule has 0 saturated heterocycles. The van der Waals surface area contributed by atoms with Gasteiger partial charge in [0.15, 0.2) is 6.10 Å². The molecule has 2 atom stereocenters. The van der Waals surface area contributed by atoms with Crippen LogP contribution in [0.2, 0.25) is 0 Å². The molecule has 0 aromatic rings. The maximum atomic E-state index is 12.7. The molecule has 0 radical (unpaired) electrons. The van der Waals surface area contributed by atoms with Crippen LogP contribution in [0.1, 0.15) is 290 Å². The molecule has 10 heteroatoms. The van der Waals surface area contributed by atoms with E-state index in [1.54, 1.807) is 0 Å². The van der Waals surface area contributed by atoms with Gasteiger partial charge in [0.05, 0.1) is 13.2 Å². The number of ether oxygens (including phenoxy) is 2. The largest absolute Gasteiger partial charge is 0.472 e. The summed E-state index contributed by atoms with van der Waals surface area (Å²) >= 11 is 0. The smallest absolute Gasteiger partial charge is 0.462 e. The van der Waals surface area contributed by atoms with E-state index in [9.17, 15) is 19.0 Å². The van der Waals surface area contributed by atoms with Crippen molar-refractivity contribution >= 4 is 19.8 Å². The van der Waals surface area contributed by atoms with Crippen LogP contribution in [0.3, 0.4) is 0 Å². The van der Waals surface area contributed by atoms with E-state index in [-0.39, 0.29) is 38.6 Å². The highest BCUT2D eigenvalue weighted by Crippen LogP contribution is 2.43. The van der Waals surface area contributed by atoms with E-state index < -0.39 is 26.5 Å². The first kappa shape index (κ1) is 66.2. The minimum absolute atomic E-state index is 0.0541. The van der Waals surface area contributed by atoms with Crippen LogP contribution in [0.15, 0.2) is 36.5 Å². The highest BCUT2D eigenvalue weighted by atomic mass is 31.2. The Kier molecular flexibility index (Phi) is 53.1. The maximum absolute atomic E-state index is 12.7. The molecule has 0 bridgehead atoms. The van der Waals surface area contributed by atoms with Crippen LogP contribution in [0.5, 0.6) is 0 Å². The van der Waals surface area contributed by atoms with E-state index >= 15 is 0 Å². The minimum Gasteiger partial charge on any atom is -0.462 e. The number of phosphoric acid groups is 1. The third-order valence-electron chi connectivity index (χ3n) is 12.7. The van der Waals surface area contributed by atoms with Gasteiger partial charge in [0.1, 0.15) is 6.61 Å². The molecule has 0 aromatic carbocycles. The third kappa shape index (κ3) is 53.6. The highest BCUT2D eigenvalue weighted by molar-refractivity contribution is 7.47. The van der Waals surface area contributed by atoms with Crippen LogP contribution in [0, 0.1) is 0 Å². The Bertz CT molecular complexity index is 1210. The number of carbonyl (C=O) groups is 2. The fourth-order valence-electron chi connectivity index (χ4n) is 8.43. The average Bonchev–Trinajstić information content (AvgIpc) is 3.33. The molecule has 0 spiro atoms. The number of phosphoric ester groups is 1. The van der Waals surface area contributed by atoms with Gasteiger partial charge >= 0.3 is 19.8 Å². The van der Waals surface area contributed by atoms with Crippen molar-refractivity contribution < 1.29 is 37.6 Å². The van der Waals surface area contributed by atoms with E-state index in [1.807, 2.05) is 0 Å². The zero-order valence-corrected chi connectivity index (χ0v) is 45.5.